The predicted molar refractivity (Wildman–Crippen MR) is 68.9 cm³/mol. The monoisotopic (exact) mass is 259 g/mol. The summed E-state index contributed by atoms with van der Waals surface area (Å²) in [6, 6.07) is 4.73. The van der Waals surface area contributed by atoms with E-state index < -0.39 is 5.97 Å². The number of nitrogens with two attached hydrogens (primary N) is 1. The van der Waals surface area contributed by atoms with Crippen LogP contribution in [-0.4, -0.2) is 32.4 Å². The largest absolute Gasteiger partial charge is 0.478 e. The third-order valence-electron chi connectivity index (χ3n) is 3.26. The summed E-state index contributed by atoms with van der Waals surface area (Å²) in [5, 5.41) is 16.9. The van der Waals surface area contributed by atoms with Gasteiger partial charge in [-0.3, -0.25) is 0 Å². The molecule has 0 aliphatic carbocycles. The Bertz CT molecular complexity index is 637. The second-order valence-corrected chi connectivity index (χ2v) is 4.44. The molecule has 1 aromatic carbocycles. The van der Waals surface area contributed by atoms with Gasteiger partial charge < -0.3 is 20.3 Å². The van der Waals surface area contributed by atoms with Crippen molar-refractivity contribution < 1.29 is 9.90 Å². The average molecular weight is 259 g/mol. The zero-order valence-electron chi connectivity index (χ0n) is 10.2. The summed E-state index contributed by atoms with van der Waals surface area (Å²) < 4.78 is 1.98. The summed E-state index contributed by atoms with van der Waals surface area (Å²) in [7, 11) is 0. The molecule has 0 spiro atoms. The molecule has 1 aliphatic heterocycles. The molecule has 0 bridgehead atoms. The van der Waals surface area contributed by atoms with E-state index in [1.54, 1.807) is 18.5 Å². The number of benzene rings is 1. The van der Waals surface area contributed by atoms with Gasteiger partial charge in [0.2, 0.25) is 0 Å². The number of carbonyl (C=O) groups is 1. The Labute approximate surface area is 109 Å². The van der Waals surface area contributed by atoms with Crippen LogP contribution >= 0.6 is 0 Å². The molecular formula is C12H13N5O2. The predicted octanol–water partition coefficient (Wildman–Crippen LogP) is 0.579. The van der Waals surface area contributed by atoms with Gasteiger partial charge in [0.1, 0.15) is 6.33 Å². The Hall–Kier alpha value is -2.57. The van der Waals surface area contributed by atoms with Crippen LogP contribution in [0.3, 0.4) is 0 Å². The molecule has 1 aromatic heterocycles. The Morgan fingerprint density at radius 3 is 3.00 bits per heavy atom. The highest BCUT2D eigenvalue weighted by molar-refractivity contribution is 5.90. The van der Waals surface area contributed by atoms with Crippen molar-refractivity contribution in [3.63, 3.8) is 0 Å². The molecule has 0 saturated carbocycles. The Kier molecular flexibility index (Phi) is 2.59. The van der Waals surface area contributed by atoms with Gasteiger partial charge in [-0.25, -0.2) is 4.79 Å². The van der Waals surface area contributed by atoms with Crippen molar-refractivity contribution in [1.82, 2.24) is 14.8 Å². The molecule has 0 radical (unpaired) electrons. The number of anilines is 2. The minimum atomic E-state index is -0.957. The number of carboxylic acids is 1. The van der Waals surface area contributed by atoms with Crippen LogP contribution in [0.4, 0.5) is 11.4 Å². The van der Waals surface area contributed by atoms with Crippen LogP contribution in [0.1, 0.15) is 16.2 Å². The smallest absolute Gasteiger partial charge is 0.335 e. The van der Waals surface area contributed by atoms with Crippen LogP contribution < -0.4 is 10.6 Å². The van der Waals surface area contributed by atoms with Gasteiger partial charge in [0.15, 0.2) is 5.82 Å². The average Bonchev–Trinajstić information content (AvgIpc) is 2.86. The standard InChI is InChI=1S/C12H13N5O2/c13-9-2-1-8(12(18)19)5-10(9)16-3-4-17-7-14-15-11(17)6-16/h1-2,5,7H,3-4,6,13H2,(H,18,19). The molecular weight excluding hydrogens is 246 g/mol. The quantitative estimate of drug-likeness (QED) is 0.766. The van der Waals surface area contributed by atoms with Crippen molar-refractivity contribution in [1.29, 1.82) is 0 Å². The molecule has 1 aliphatic rings. The summed E-state index contributed by atoms with van der Waals surface area (Å²) >= 11 is 0. The minimum absolute atomic E-state index is 0.233. The summed E-state index contributed by atoms with van der Waals surface area (Å²) in [6.45, 7) is 2.09. The first-order chi connectivity index (χ1) is 9.15. The van der Waals surface area contributed by atoms with E-state index in [4.69, 9.17) is 10.8 Å². The molecule has 3 N–H and O–H groups in total. The van der Waals surface area contributed by atoms with Crippen molar-refractivity contribution in [2.45, 2.75) is 13.1 Å². The maximum Gasteiger partial charge on any atom is 0.335 e. The number of fused-ring (bicyclic) bond motifs is 1. The molecule has 0 amide bonds. The van der Waals surface area contributed by atoms with Gasteiger partial charge in [0, 0.05) is 13.1 Å². The zero-order chi connectivity index (χ0) is 13.4. The van der Waals surface area contributed by atoms with Crippen LogP contribution in [0.5, 0.6) is 0 Å². The number of rotatable bonds is 2. The lowest BCUT2D eigenvalue weighted by molar-refractivity contribution is 0.0697. The van der Waals surface area contributed by atoms with Crippen LogP contribution in [0.15, 0.2) is 24.5 Å². The number of aromatic nitrogens is 3. The Morgan fingerprint density at radius 2 is 2.21 bits per heavy atom. The van der Waals surface area contributed by atoms with E-state index in [9.17, 15) is 4.79 Å². The van der Waals surface area contributed by atoms with Crippen molar-refractivity contribution in [2.75, 3.05) is 17.2 Å². The molecule has 2 aromatic rings. The fraction of sp³-hybridized carbons (Fsp3) is 0.250. The first kappa shape index (κ1) is 11.5. The van der Waals surface area contributed by atoms with Crippen LogP contribution in [0.25, 0.3) is 0 Å². The van der Waals surface area contributed by atoms with Crippen molar-refractivity contribution in [2.24, 2.45) is 0 Å². The van der Waals surface area contributed by atoms with Gasteiger partial charge in [-0.1, -0.05) is 0 Å². The fourth-order valence-electron chi connectivity index (χ4n) is 2.22. The van der Waals surface area contributed by atoms with Crippen LogP contribution in [0.2, 0.25) is 0 Å². The van der Waals surface area contributed by atoms with Crippen molar-refractivity contribution in [3.05, 3.63) is 35.9 Å². The SMILES string of the molecule is Nc1ccc(C(=O)O)cc1N1CCn2cnnc2C1. The summed E-state index contributed by atoms with van der Waals surface area (Å²) in [5.41, 5.74) is 7.47. The van der Waals surface area contributed by atoms with Crippen molar-refractivity contribution in [3.8, 4) is 0 Å². The molecule has 3 rings (SSSR count). The van der Waals surface area contributed by atoms with E-state index >= 15 is 0 Å². The van der Waals surface area contributed by atoms with Gasteiger partial charge in [0.25, 0.3) is 0 Å². The molecule has 0 saturated heterocycles. The van der Waals surface area contributed by atoms with Crippen LogP contribution in [0, 0.1) is 0 Å². The van der Waals surface area contributed by atoms with Gasteiger partial charge in [0.05, 0.1) is 23.5 Å². The highest BCUT2D eigenvalue weighted by Gasteiger charge is 2.20. The van der Waals surface area contributed by atoms with Gasteiger partial charge in [-0.05, 0) is 18.2 Å². The van der Waals surface area contributed by atoms with E-state index in [1.165, 1.54) is 6.07 Å². The van der Waals surface area contributed by atoms with E-state index in [-0.39, 0.29) is 5.56 Å². The third-order valence-corrected chi connectivity index (χ3v) is 3.26. The van der Waals surface area contributed by atoms with Crippen molar-refractivity contribution >= 4 is 17.3 Å². The first-order valence-electron chi connectivity index (χ1n) is 5.89. The zero-order valence-corrected chi connectivity index (χ0v) is 10.2. The molecule has 19 heavy (non-hydrogen) atoms. The fourth-order valence-corrected chi connectivity index (χ4v) is 2.22. The summed E-state index contributed by atoms with van der Waals surface area (Å²) in [5.74, 6) is -0.104. The molecule has 0 fully saturated rings. The molecule has 7 nitrogen and oxygen atoms in total. The van der Waals surface area contributed by atoms with Gasteiger partial charge in [-0.15, -0.1) is 10.2 Å². The Morgan fingerprint density at radius 1 is 1.37 bits per heavy atom. The number of hydrogen-bond donors (Lipinski definition) is 2. The minimum Gasteiger partial charge on any atom is -0.478 e. The highest BCUT2D eigenvalue weighted by Crippen LogP contribution is 2.27. The number of aromatic carboxylic acids is 1. The Balaban J connectivity index is 1.95. The van der Waals surface area contributed by atoms with E-state index in [2.05, 4.69) is 10.2 Å². The maximum atomic E-state index is 11.0. The summed E-state index contributed by atoms with van der Waals surface area (Å²) in [6.07, 6.45) is 1.70. The third kappa shape index (κ3) is 1.99. The number of nitrogen functional groups attached to an aromatic ring is 1. The lowest BCUT2D eigenvalue weighted by Gasteiger charge is -2.30. The highest BCUT2D eigenvalue weighted by atomic mass is 16.4. The lowest BCUT2D eigenvalue weighted by atomic mass is 10.1. The van der Waals surface area contributed by atoms with Gasteiger partial charge in [-0.2, -0.15) is 0 Å². The number of hydrogen-bond acceptors (Lipinski definition) is 5. The molecule has 7 heteroatoms. The molecule has 0 atom stereocenters. The topological polar surface area (TPSA) is 97.3 Å². The van der Waals surface area contributed by atoms with E-state index in [1.807, 2.05) is 9.47 Å². The molecule has 2 heterocycles. The first-order valence-corrected chi connectivity index (χ1v) is 5.89. The second kappa shape index (κ2) is 4.27. The van der Waals surface area contributed by atoms with Crippen LogP contribution in [-0.2, 0) is 13.1 Å². The maximum absolute atomic E-state index is 11.0. The normalized spacial score (nSPS) is 14.2. The number of nitrogens with zero attached hydrogens (tertiary/aromatic N) is 4. The molecule has 98 valence electrons. The van der Waals surface area contributed by atoms with E-state index in [0.29, 0.717) is 12.2 Å². The molecule has 0 unspecified atom stereocenters. The summed E-state index contributed by atoms with van der Waals surface area (Å²) in [4.78, 5) is 13.0. The van der Waals surface area contributed by atoms with E-state index in [0.717, 1.165) is 24.6 Å². The lowest BCUT2D eigenvalue weighted by Crippen LogP contribution is -2.34. The second-order valence-electron chi connectivity index (χ2n) is 4.44. The number of carboxylic acid groups (broad SMARTS) is 1. The van der Waals surface area contributed by atoms with Gasteiger partial charge >= 0.3 is 5.97 Å².